The number of aromatic amines is 1. The van der Waals surface area contributed by atoms with Gasteiger partial charge in [-0.05, 0) is 23.8 Å². The van der Waals surface area contributed by atoms with Crippen molar-refractivity contribution in [3.8, 4) is 0 Å². The van der Waals surface area contributed by atoms with E-state index in [4.69, 9.17) is 0 Å². The van der Waals surface area contributed by atoms with Crippen LogP contribution < -0.4 is 5.43 Å². The van der Waals surface area contributed by atoms with Crippen LogP contribution in [0.4, 0.5) is 4.39 Å². The normalized spacial score (nSPS) is 11.0. The van der Waals surface area contributed by atoms with Gasteiger partial charge in [0.2, 0.25) is 0 Å². The summed E-state index contributed by atoms with van der Waals surface area (Å²) >= 11 is 0. The molecule has 5 heteroatoms. The molecule has 0 bridgehead atoms. The molecule has 0 fully saturated rings. The Balaban J connectivity index is 1.80. The molecule has 3 aromatic rings. The Hall–Kier alpha value is -3.21. The van der Waals surface area contributed by atoms with E-state index in [-0.39, 0.29) is 11.7 Å². The fourth-order valence-electron chi connectivity index (χ4n) is 2.32. The first-order chi connectivity index (χ1) is 11.2. The average molecular weight is 307 g/mol. The van der Waals surface area contributed by atoms with Gasteiger partial charge in [-0.15, -0.1) is 0 Å². The van der Waals surface area contributed by atoms with Crippen molar-refractivity contribution in [2.24, 2.45) is 5.10 Å². The molecule has 4 nitrogen and oxygen atoms in total. The van der Waals surface area contributed by atoms with Crippen LogP contribution in [-0.2, 0) is 0 Å². The zero-order valence-electron chi connectivity index (χ0n) is 12.2. The lowest BCUT2D eigenvalue weighted by atomic mass is 10.1. The fourth-order valence-corrected chi connectivity index (χ4v) is 2.32. The number of H-pyrrole nitrogens is 1. The Morgan fingerprint density at radius 3 is 2.65 bits per heavy atom. The Morgan fingerprint density at radius 2 is 1.91 bits per heavy atom. The number of rotatable bonds is 4. The number of hydrogen-bond donors (Lipinski definition) is 2. The quantitative estimate of drug-likeness (QED) is 0.560. The number of halogens is 1. The number of para-hydroxylation sites is 1. The lowest BCUT2D eigenvalue weighted by molar-refractivity contribution is 0.0951. The molecule has 3 rings (SSSR count). The maximum Gasteiger partial charge on any atom is 0.288 e. The molecule has 0 radical (unpaired) electrons. The number of benzene rings is 2. The molecule has 0 atom stereocenters. The summed E-state index contributed by atoms with van der Waals surface area (Å²) in [6, 6.07) is 13.4. The van der Waals surface area contributed by atoms with Crippen LogP contribution in [0.25, 0.3) is 17.0 Å². The summed E-state index contributed by atoms with van der Waals surface area (Å²) in [5.41, 5.74) is 5.13. The summed E-state index contributed by atoms with van der Waals surface area (Å²) < 4.78 is 12.8. The van der Waals surface area contributed by atoms with Gasteiger partial charge in [0.15, 0.2) is 0 Å². The fraction of sp³-hybridized carbons (Fsp3) is 0. The minimum absolute atomic E-state index is 0.320. The molecular weight excluding hydrogens is 293 g/mol. The molecule has 0 saturated heterocycles. The van der Waals surface area contributed by atoms with Gasteiger partial charge in [-0.3, -0.25) is 4.79 Å². The number of fused-ring (bicyclic) bond motifs is 1. The standard InChI is InChI=1S/C18H14FN3O/c1-2-14-15-5-3-4-6-16(15)21-17(14)18(23)22-20-11-12-7-9-13(19)10-8-12/h2-11,21H,1H2,(H,22,23)/b20-11-. The third-order valence-corrected chi connectivity index (χ3v) is 3.43. The highest BCUT2D eigenvalue weighted by atomic mass is 19.1. The highest BCUT2D eigenvalue weighted by Crippen LogP contribution is 2.23. The number of hydrogen-bond acceptors (Lipinski definition) is 2. The zero-order valence-corrected chi connectivity index (χ0v) is 12.2. The van der Waals surface area contributed by atoms with Gasteiger partial charge in [-0.2, -0.15) is 5.10 Å². The summed E-state index contributed by atoms with van der Waals surface area (Å²) in [4.78, 5) is 15.3. The number of aromatic nitrogens is 1. The summed E-state index contributed by atoms with van der Waals surface area (Å²) in [5, 5.41) is 4.82. The van der Waals surface area contributed by atoms with Crippen molar-refractivity contribution < 1.29 is 9.18 Å². The number of carbonyl (C=O) groups excluding carboxylic acids is 1. The minimum Gasteiger partial charge on any atom is -0.350 e. The zero-order chi connectivity index (χ0) is 16.2. The third kappa shape index (κ3) is 3.03. The summed E-state index contributed by atoms with van der Waals surface area (Å²) in [6.45, 7) is 3.76. The number of nitrogens with one attached hydrogen (secondary N) is 2. The SMILES string of the molecule is C=Cc1c(C(=O)N/N=C\c2ccc(F)cc2)[nH]c2ccccc12. The molecule has 0 saturated carbocycles. The topological polar surface area (TPSA) is 57.2 Å². The van der Waals surface area contributed by atoms with E-state index in [9.17, 15) is 9.18 Å². The van der Waals surface area contributed by atoms with E-state index in [1.165, 1.54) is 18.3 Å². The first kappa shape index (κ1) is 14.7. The van der Waals surface area contributed by atoms with Crippen molar-refractivity contribution in [3.05, 3.63) is 77.7 Å². The second kappa shape index (κ2) is 6.27. The molecule has 1 amide bonds. The van der Waals surface area contributed by atoms with Crippen molar-refractivity contribution in [3.63, 3.8) is 0 Å². The monoisotopic (exact) mass is 307 g/mol. The van der Waals surface area contributed by atoms with Crippen LogP contribution in [0.15, 0.2) is 60.2 Å². The third-order valence-electron chi connectivity index (χ3n) is 3.43. The van der Waals surface area contributed by atoms with Crippen LogP contribution in [0.5, 0.6) is 0 Å². The molecule has 0 spiro atoms. The van der Waals surface area contributed by atoms with Crippen LogP contribution in [0, 0.1) is 5.82 Å². The van der Waals surface area contributed by atoms with E-state index < -0.39 is 0 Å². The average Bonchev–Trinajstić information content (AvgIpc) is 2.95. The first-order valence-corrected chi connectivity index (χ1v) is 7.01. The van der Waals surface area contributed by atoms with Crippen LogP contribution in [0.1, 0.15) is 21.6 Å². The molecule has 0 aliphatic heterocycles. The van der Waals surface area contributed by atoms with Crippen LogP contribution in [0.2, 0.25) is 0 Å². The van der Waals surface area contributed by atoms with E-state index >= 15 is 0 Å². The van der Waals surface area contributed by atoms with Gasteiger partial charge in [-0.25, -0.2) is 9.82 Å². The maximum atomic E-state index is 12.8. The summed E-state index contributed by atoms with van der Waals surface area (Å²) in [5.74, 6) is -0.686. The predicted octanol–water partition coefficient (Wildman–Crippen LogP) is 3.71. The Morgan fingerprint density at radius 1 is 1.17 bits per heavy atom. The van der Waals surface area contributed by atoms with Gasteiger partial charge >= 0.3 is 0 Å². The lowest BCUT2D eigenvalue weighted by Crippen LogP contribution is -2.18. The summed E-state index contributed by atoms with van der Waals surface area (Å²) in [7, 11) is 0. The molecule has 0 unspecified atom stereocenters. The van der Waals surface area contributed by atoms with E-state index in [2.05, 4.69) is 22.1 Å². The Bertz CT molecular complexity index is 894. The van der Waals surface area contributed by atoms with Gasteiger partial charge in [0, 0.05) is 16.5 Å². The van der Waals surface area contributed by atoms with Crippen molar-refractivity contribution in [2.75, 3.05) is 0 Å². The van der Waals surface area contributed by atoms with Crippen LogP contribution in [0.3, 0.4) is 0 Å². The second-order valence-electron chi connectivity index (χ2n) is 4.91. The molecular formula is C18H14FN3O. The van der Waals surface area contributed by atoms with Gasteiger partial charge in [-0.1, -0.05) is 43.0 Å². The van der Waals surface area contributed by atoms with Gasteiger partial charge in [0.05, 0.1) is 6.21 Å². The van der Waals surface area contributed by atoms with Crippen molar-refractivity contribution in [2.45, 2.75) is 0 Å². The second-order valence-corrected chi connectivity index (χ2v) is 4.91. The van der Waals surface area contributed by atoms with Crippen LogP contribution in [-0.4, -0.2) is 17.1 Å². The lowest BCUT2D eigenvalue weighted by Gasteiger charge is -1.99. The molecule has 0 aliphatic rings. The van der Waals surface area contributed by atoms with Crippen molar-refractivity contribution in [1.29, 1.82) is 0 Å². The summed E-state index contributed by atoms with van der Waals surface area (Å²) in [6.07, 6.45) is 3.09. The molecule has 114 valence electrons. The molecule has 2 aromatic carbocycles. The minimum atomic E-state index is -0.366. The number of hydrazone groups is 1. The molecule has 1 heterocycles. The van der Waals surface area contributed by atoms with E-state index in [1.807, 2.05) is 24.3 Å². The maximum absolute atomic E-state index is 12.8. The Kier molecular flexibility index (Phi) is 4.01. The van der Waals surface area contributed by atoms with Crippen LogP contribution >= 0.6 is 0 Å². The van der Waals surface area contributed by atoms with Gasteiger partial charge in [0.25, 0.3) is 5.91 Å². The first-order valence-electron chi connectivity index (χ1n) is 7.01. The molecule has 1 aromatic heterocycles. The predicted molar refractivity (Wildman–Crippen MR) is 89.8 cm³/mol. The van der Waals surface area contributed by atoms with Gasteiger partial charge < -0.3 is 4.98 Å². The molecule has 2 N–H and O–H groups in total. The largest absolute Gasteiger partial charge is 0.350 e. The molecule has 0 aliphatic carbocycles. The highest BCUT2D eigenvalue weighted by Gasteiger charge is 2.14. The number of carbonyl (C=O) groups is 1. The van der Waals surface area contributed by atoms with E-state index in [0.717, 1.165) is 16.5 Å². The Labute approximate surface area is 132 Å². The smallest absolute Gasteiger partial charge is 0.288 e. The van der Waals surface area contributed by atoms with E-state index in [1.54, 1.807) is 18.2 Å². The van der Waals surface area contributed by atoms with Crippen molar-refractivity contribution >= 4 is 29.1 Å². The van der Waals surface area contributed by atoms with E-state index in [0.29, 0.717) is 11.3 Å². The number of nitrogens with zero attached hydrogens (tertiary/aromatic N) is 1. The van der Waals surface area contributed by atoms with Crippen molar-refractivity contribution in [1.82, 2.24) is 10.4 Å². The molecule has 23 heavy (non-hydrogen) atoms. The van der Waals surface area contributed by atoms with Gasteiger partial charge in [0.1, 0.15) is 11.5 Å². The highest BCUT2D eigenvalue weighted by molar-refractivity contribution is 6.04. The number of amides is 1.